The van der Waals surface area contributed by atoms with Gasteiger partial charge in [-0.3, -0.25) is 14.4 Å². The van der Waals surface area contributed by atoms with Crippen LogP contribution in [0.15, 0.2) is 41.7 Å². The van der Waals surface area contributed by atoms with Gasteiger partial charge < -0.3 is 9.88 Å². The van der Waals surface area contributed by atoms with Crippen LogP contribution in [0.4, 0.5) is 10.5 Å². The van der Waals surface area contributed by atoms with Crippen LogP contribution in [0, 0.1) is 0 Å². The normalized spacial score (nSPS) is 15.0. The number of anilines is 1. The Morgan fingerprint density at radius 3 is 2.75 bits per heavy atom. The number of urea groups is 1. The van der Waals surface area contributed by atoms with E-state index >= 15 is 0 Å². The Hall–Kier alpha value is -2.83. The molecule has 1 aliphatic heterocycles. The van der Waals surface area contributed by atoms with Gasteiger partial charge in [-0.25, -0.2) is 4.79 Å². The molecule has 0 fully saturated rings. The minimum absolute atomic E-state index is 0.266. The van der Waals surface area contributed by atoms with Crippen molar-refractivity contribution in [2.45, 2.75) is 0 Å². The van der Waals surface area contributed by atoms with E-state index in [2.05, 4.69) is 17.0 Å². The largest absolute Gasteiger partial charge is 0.330 e. The summed E-state index contributed by atoms with van der Waals surface area (Å²) in [6.45, 7) is 3.65. The Morgan fingerprint density at radius 1 is 1.30 bits per heavy atom. The van der Waals surface area contributed by atoms with Crippen molar-refractivity contribution in [1.29, 1.82) is 0 Å². The lowest BCUT2D eigenvalue weighted by Crippen LogP contribution is -2.41. The van der Waals surface area contributed by atoms with Crippen LogP contribution in [0.3, 0.4) is 0 Å². The standard InChI is InChI=1S/C13H13N5O2/c1-8-4-5-18(13(20)15-8)11-9-6-14-17(3)10(9)7-16(2)12(11)19/h4-7H,1H2,2-3H3,(H,15,20). The van der Waals surface area contributed by atoms with E-state index in [1.165, 1.54) is 15.7 Å². The van der Waals surface area contributed by atoms with E-state index in [9.17, 15) is 9.59 Å². The van der Waals surface area contributed by atoms with E-state index in [-0.39, 0.29) is 11.2 Å². The van der Waals surface area contributed by atoms with Crippen molar-refractivity contribution in [3.05, 3.63) is 47.3 Å². The fourth-order valence-electron chi connectivity index (χ4n) is 2.19. The summed E-state index contributed by atoms with van der Waals surface area (Å²) in [6.07, 6.45) is 6.44. The first-order valence-corrected chi connectivity index (χ1v) is 5.97. The van der Waals surface area contributed by atoms with Gasteiger partial charge in [-0.1, -0.05) is 6.58 Å². The molecule has 0 aromatic carbocycles. The lowest BCUT2D eigenvalue weighted by molar-refractivity contribution is 0.250. The number of carbonyl (C=O) groups excluding carboxylic acids is 1. The lowest BCUT2D eigenvalue weighted by Gasteiger charge is -2.23. The van der Waals surface area contributed by atoms with Crippen molar-refractivity contribution in [1.82, 2.24) is 19.7 Å². The first kappa shape index (κ1) is 12.2. The average molecular weight is 271 g/mol. The minimum atomic E-state index is -0.411. The fraction of sp³-hybridized carbons (Fsp3) is 0.154. The highest BCUT2D eigenvalue weighted by molar-refractivity contribution is 6.04. The first-order chi connectivity index (χ1) is 9.49. The molecule has 0 saturated heterocycles. The second-order valence-corrected chi connectivity index (χ2v) is 4.60. The number of fused-ring (bicyclic) bond motifs is 1. The maximum Gasteiger partial charge on any atom is 0.330 e. The van der Waals surface area contributed by atoms with E-state index in [0.29, 0.717) is 11.1 Å². The third kappa shape index (κ3) is 1.63. The van der Waals surface area contributed by atoms with Crippen LogP contribution in [0.5, 0.6) is 0 Å². The number of hydrogen-bond donors (Lipinski definition) is 1. The summed E-state index contributed by atoms with van der Waals surface area (Å²) in [5.74, 6) is 0. The smallest absolute Gasteiger partial charge is 0.315 e. The summed E-state index contributed by atoms with van der Waals surface area (Å²) in [5, 5.41) is 7.34. The van der Waals surface area contributed by atoms with Crippen molar-refractivity contribution in [2.24, 2.45) is 14.1 Å². The zero-order valence-electron chi connectivity index (χ0n) is 11.1. The molecule has 1 N–H and O–H groups in total. The molecule has 0 aliphatic carbocycles. The van der Waals surface area contributed by atoms with Crippen molar-refractivity contribution in [2.75, 3.05) is 4.90 Å². The van der Waals surface area contributed by atoms with Gasteiger partial charge in [0.05, 0.1) is 17.1 Å². The first-order valence-electron chi connectivity index (χ1n) is 5.97. The Bertz CT molecular complexity index is 827. The summed E-state index contributed by atoms with van der Waals surface area (Å²) < 4.78 is 3.09. The minimum Gasteiger partial charge on any atom is -0.315 e. The predicted octanol–water partition coefficient (Wildman–Crippen LogP) is 0.829. The average Bonchev–Trinajstić information content (AvgIpc) is 2.74. The van der Waals surface area contributed by atoms with Gasteiger partial charge in [0.1, 0.15) is 5.69 Å². The van der Waals surface area contributed by atoms with Gasteiger partial charge in [-0.15, -0.1) is 0 Å². The molecule has 7 heteroatoms. The molecule has 102 valence electrons. The van der Waals surface area contributed by atoms with Gasteiger partial charge in [-0.05, 0) is 6.08 Å². The second-order valence-electron chi connectivity index (χ2n) is 4.60. The molecule has 3 heterocycles. The van der Waals surface area contributed by atoms with Crippen LogP contribution < -0.4 is 15.8 Å². The lowest BCUT2D eigenvalue weighted by atomic mass is 10.2. The molecule has 2 aromatic heterocycles. The number of rotatable bonds is 1. The van der Waals surface area contributed by atoms with Crippen molar-refractivity contribution in [3.63, 3.8) is 0 Å². The summed E-state index contributed by atoms with van der Waals surface area (Å²) in [4.78, 5) is 25.7. The van der Waals surface area contributed by atoms with Crippen molar-refractivity contribution in [3.8, 4) is 0 Å². The molecular formula is C13H13N5O2. The van der Waals surface area contributed by atoms with E-state index < -0.39 is 6.03 Å². The molecule has 0 spiro atoms. The number of pyridine rings is 1. The molecule has 1 aliphatic rings. The number of nitrogens with zero attached hydrogens (tertiary/aromatic N) is 4. The quantitative estimate of drug-likeness (QED) is 0.835. The highest BCUT2D eigenvalue weighted by Crippen LogP contribution is 2.24. The monoisotopic (exact) mass is 271 g/mol. The van der Waals surface area contributed by atoms with Crippen LogP contribution in [0.2, 0.25) is 0 Å². The van der Waals surface area contributed by atoms with Crippen molar-refractivity contribution < 1.29 is 4.79 Å². The SMILES string of the molecule is C=C1C=CN(c2c(=O)n(C)cc3c2cnn3C)C(=O)N1. The number of aryl methyl sites for hydroxylation is 2. The van der Waals surface area contributed by atoms with Crippen LogP contribution >= 0.6 is 0 Å². The Balaban J connectivity index is 2.33. The molecule has 2 amide bonds. The molecule has 3 rings (SSSR count). The summed E-state index contributed by atoms with van der Waals surface area (Å²) in [6, 6.07) is -0.411. The summed E-state index contributed by atoms with van der Waals surface area (Å²) in [5.41, 5.74) is 1.27. The Morgan fingerprint density at radius 2 is 2.05 bits per heavy atom. The zero-order chi connectivity index (χ0) is 14.4. The second kappa shape index (κ2) is 4.09. The molecule has 0 radical (unpaired) electrons. The van der Waals surface area contributed by atoms with E-state index in [1.807, 2.05) is 0 Å². The summed E-state index contributed by atoms with van der Waals surface area (Å²) >= 11 is 0. The number of nitrogens with one attached hydrogen (secondary N) is 1. The predicted molar refractivity (Wildman–Crippen MR) is 75.2 cm³/mol. The Labute approximate surface area is 114 Å². The maximum atomic E-state index is 12.4. The van der Waals surface area contributed by atoms with Gasteiger partial charge in [-0.2, -0.15) is 5.10 Å². The number of aromatic nitrogens is 3. The van der Waals surface area contributed by atoms with Crippen molar-refractivity contribution >= 4 is 22.6 Å². The van der Waals surface area contributed by atoms with Crippen LogP contribution in [0.1, 0.15) is 0 Å². The molecule has 0 saturated carbocycles. The number of amides is 2. The number of carbonyl (C=O) groups is 1. The highest BCUT2D eigenvalue weighted by atomic mass is 16.2. The third-order valence-electron chi connectivity index (χ3n) is 3.23. The fourth-order valence-corrected chi connectivity index (χ4v) is 2.19. The van der Waals surface area contributed by atoms with Crippen LogP contribution in [-0.4, -0.2) is 20.4 Å². The van der Waals surface area contributed by atoms with Gasteiger partial charge in [0.15, 0.2) is 0 Å². The van der Waals surface area contributed by atoms with Gasteiger partial charge >= 0.3 is 6.03 Å². The molecule has 2 aromatic rings. The van der Waals surface area contributed by atoms with E-state index in [4.69, 9.17) is 0 Å². The van der Waals surface area contributed by atoms with E-state index in [1.54, 1.807) is 37.2 Å². The third-order valence-corrected chi connectivity index (χ3v) is 3.23. The number of allylic oxidation sites excluding steroid dienone is 1. The van der Waals surface area contributed by atoms with Crippen LogP contribution in [-0.2, 0) is 14.1 Å². The molecule has 20 heavy (non-hydrogen) atoms. The molecular weight excluding hydrogens is 258 g/mol. The van der Waals surface area contributed by atoms with Gasteiger partial charge in [0, 0.05) is 32.2 Å². The molecule has 7 nitrogen and oxygen atoms in total. The maximum absolute atomic E-state index is 12.4. The van der Waals surface area contributed by atoms with Gasteiger partial charge in [0.2, 0.25) is 0 Å². The Kier molecular flexibility index (Phi) is 2.50. The molecule has 0 atom stereocenters. The van der Waals surface area contributed by atoms with Gasteiger partial charge in [0.25, 0.3) is 5.56 Å². The van der Waals surface area contributed by atoms with E-state index in [0.717, 1.165) is 5.52 Å². The molecule has 0 unspecified atom stereocenters. The zero-order valence-corrected chi connectivity index (χ0v) is 11.1. The molecule has 0 bridgehead atoms. The van der Waals surface area contributed by atoms with Crippen LogP contribution in [0.25, 0.3) is 10.9 Å². The highest BCUT2D eigenvalue weighted by Gasteiger charge is 2.24. The topological polar surface area (TPSA) is 72.2 Å². The number of hydrogen-bond acceptors (Lipinski definition) is 3. The summed E-state index contributed by atoms with van der Waals surface area (Å²) in [7, 11) is 3.42.